The predicted molar refractivity (Wildman–Crippen MR) is 139 cm³/mol. The fraction of sp³-hybridized carbons (Fsp3) is 0.333. The zero-order chi connectivity index (χ0) is 25.0. The lowest BCUT2D eigenvalue weighted by molar-refractivity contribution is -0.116. The van der Waals surface area contributed by atoms with Crippen LogP contribution < -0.4 is 15.5 Å². The summed E-state index contributed by atoms with van der Waals surface area (Å²) in [7, 11) is 1.36. The van der Waals surface area contributed by atoms with Gasteiger partial charge in [-0.15, -0.1) is 0 Å². The Morgan fingerprint density at radius 3 is 2.37 bits per heavy atom. The third-order valence-electron chi connectivity index (χ3n) is 5.45. The van der Waals surface area contributed by atoms with E-state index in [1.807, 2.05) is 42.5 Å². The Hall–Kier alpha value is -3.94. The summed E-state index contributed by atoms with van der Waals surface area (Å²) >= 11 is 0. The molecule has 0 saturated heterocycles. The van der Waals surface area contributed by atoms with Gasteiger partial charge in [0.25, 0.3) is 0 Å². The second-order valence-corrected chi connectivity index (χ2v) is 8.10. The number of methoxy groups -OCH3 is 1. The molecular weight excluding hydrogens is 442 g/mol. The number of unbranched alkanes of at least 4 members (excludes halogenated alkanes) is 1. The molecule has 8 heteroatoms. The van der Waals surface area contributed by atoms with E-state index in [2.05, 4.69) is 39.3 Å². The largest absolute Gasteiger partial charge is 0.465 e. The van der Waals surface area contributed by atoms with Crippen LogP contribution in [0, 0.1) is 0 Å². The lowest BCUT2D eigenvalue weighted by Gasteiger charge is -2.26. The van der Waals surface area contributed by atoms with E-state index in [0.717, 1.165) is 37.1 Å². The Labute approximate surface area is 206 Å². The molecule has 0 aliphatic rings. The number of aromatic nitrogens is 2. The van der Waals surface area contributed by atoms with Crippen molar-refractivity contribution in [3.05, 3.63) is 72.1 Å². The first kappa shape index (κ1) is 25.7. The van der Waals surface area contributed by atoms with E-state index in [-0.39, 0.29) is 11.9 Å². The van der Waals surface area contributed by atoms with Crippen molar-refractivity contribution in [2.75, 3.05) is 29.2 Å². The van der Waals surface area contributed by atoms with Crippen LogP contribution in [0.2, 0.25) is 0 Å². The summed E-state index contributed by atoms with van der Waals surface area (Å²) in [4.78, 5) is 35.5. The lowest BCUT2D eigenvalue weighted by atomic mass is 10.1. The third kappa shape index (κ3) is 7.02. The molecule has 1 heterocycles. The average Bonchev–Trinajstić information content (AvgIpc) is 2.90. The molecule has 1 aromatic heterocycles. The van der Waals surface area contributed by atoms with Crippen molar-refractivity contribution in [2.45, 2.75) is 46.1 Å². The van der Waals surface area contributed by atoms with Gasteiger partial charge in [-0.1, -0.05) is 50.6 Å². The molecule has 0 fully saturated rings. The molecule has 0 unspecified atom stereocenters. The fourth-order valence-corrected chi connectivity index (χ4v) is 3.62. The van der Waals surface area contributed by atoms with Crippen LogP contribution in [0.1, 0.15) is 55.5 Å². The number of carbonyl (C=O) groups excluding carboxylic acids is 2. The Kier molecular flexibility index (Phi) is 9.59. The Balaban J connectivity index is 1.92. The minimum atomic E-state index is -0.376. The van der Waals surface area contributed by atoms with Gasteiger partial charge in [-0.05, 0) is 42.7 Å². The van der Waals surface area contributed by atoms with Gasteiger partial charge < -0.3 is 20.3 Å². The van der Waals surface area contributed by atoms with Gasteiger partial charge >= 0.3 is 5.97 Å². The van der Waals surface area contributed by atoms with Crippen molar-refractivity contribution in [1.82, 2.24) is 9.97 Å². The van der Waals surface area contributed by atoms with E-state index in [1.165, 1.54) is 13.4 Å². The number of nitrogens with zero attached hydrogens (tertiary/aromatic N) is 3. The first-order valence-electron chi connectivity index (χ1n) is 12.0. The molecule has 3 rings (SSSR count). The quantitative estimate of drug-likeness (QED) is 0.331. The molecule has 2 aromatic carbocycles. The molecule has 0 spiro atoms. The SMILES string of the molecule is CCCCC(=O)Nc1c(NCc2ccc(C(=O)OC)cc2)ncnc1N(CCC)c1ccccc1. The number of para-hydroxylation sites is 1. The molecule has 0 bridgehead atoms. The highest BCUT2D eigenvalue weighted by Gasteiger charge is 2.20. The monoisotopic (exact) mass is 475 g/mol. The van der Waals surface area contributed by atoms with Gasteiger partial charge in [0.15, 0.2) is 11.6 Å². The Bertz CT molecular complexity index is 1100. The maximum absolute atomic E-state index is 12.7. The number of esters is 1. The minimum Gasteiger partial charge on any atom is -0.465 e. The van der Waals surface area contributed by atoms with E-state index in [9.17, 15) is 9.59 Å². The van der Waals surface area contributed by atoms with Crippen LogP contribution in [0.4, 0.5) is 23.0 Å². The molecule has 0 aliphatic heterocycles. The number of benzene rings is 2. The van der Waals surface area contributed by atoms with E-state index in [0.29, 0.717) is 35.9 Å². The van der Waals surface area contributed by atoms with Gasteiger partial charge in [0, 0.05) is 25.2 Å². The highest BCUT2D eigenvalue weighted by atomic mass is 16.5. The van der Waals surface area contributed by atoms with Gasteiger partial charge in [-0.2, -0.15) is 0 Å². The van der Waals surface area contributed by atoms with Crippen molar-refractivity contribution in [1.29, 1.82) is 0 Å². The zero-order valence-corrected chi connectivity index (χ0v) is 20.6. The zero-order valence-electron chi connectivity index (χ0n) is 20.6. The van der Waals surface area contributed by atoms with E-state index < -0.39 is 0 Å². The average molecular weight is 476 g/mol. The van der Waals surface area contributed by atoms with Crippen LogP contribution >= 0.6 is 0 Å². The van der Waals surface area contributed by atoms with Gasteiger partial charge in [0.2, 0.25) is 5.91 Å². The molecule has 1 amide bonds. The molecule has 0 aliphatic carbocycles. The molecule has 3 aromatic rings. The van der Waals surface area contributed by atoms with Crippen molar-refractivity contribution < 1.29 is 14.3 Å². The number of rotatable bonds is 12. The highest BCUT2D eigenvalue weighted by molar-refractivity contribution is 5.98. The summed E-state index contributed by atoms with van der Waals surface area (Å²) in [6, 6.07) is 17.1. The maximum atomic E-state index is 12.7. The summed E-state index contributed by atoms with van der Waals surface area (Å²) < 4.78 is 4.76. The number of anilines is 4. The normalized spacial score (nSPS) is 10.5. The fourth-order valence-electron chi connectivity index (χ4n) is 3.62. The highest BCUT2D eigenvalue weighted by Crippen LogP contribution is 2.34. The Morgan fingerprint density at radius 1 is 0.971 bits per heavy atom. The summed E-state index contributed by atoms with van der Waals surface area (Å²) in [5, 5.41) is 6.40. The van der Waals surface area contributed by atoms with Gasteiger partial charge in [0.05, 0.1) is 12.7 Å². The molecule has 2 N–H and O–H groups in total. The second-order valence-electron chi connectivity index (χ2n) is 8.10. The molecule has 0 radical (unpaired) electrons. The van der Waals surface area contributed by atoms with Crippen LogP contribution in [0.5, 0.6) is 0 Å². The minimum absolute atomic E-state index is 0.0714. The summed E-state index contributed by atoms with van der Waals surface area (Å²) in [5.74, 6) is 0.729. The van der Waals surface area contributed by atoms with Crippen molar-refractivity contribution in [3.63, 3.8) is 0 Å². The smallest absolute Gasteiger partial charge is 0.337 e. The molecule has 8 nitrogen and oxygen atoms in total. The number of carbonyl (C=O) groups is 2. The lowest BCUT2D eigenvalue weighted by Crippen LogP contribution is -2.23. The van der Waals surface area contributed by atoms with Crippen LogP contribution in [-0.4, -0.2) is 35.5 Å². The van der Waals surface area contributed by atoms with E-state index in [1.54, 1.807) is 12.1 Å². The van der Waals surface area contributed by atoms with Crippen LogP contribution in [-0.2, 0) is 16.1 Å². The summed E-state index contributed by atoms with van der Waals surface area (Å²) in [5.41, 5.74) is 2.98. The van der Waals surface area contributed by atoms with Crippen LogP contribution in [0.25, 0.3) is 0 Å². The number of ether oxygens (including phenoxy) is 1. The molecular formula is C27H33N5O3. The summed E-state index contributed by atoms with van der Waals surface area (Å²) in [6.07, 6.45) is 4.58. The number of hydrogen-bond donors (Lipinski definition) is 2. The number of amides is 1. The molecule has 35 heavy (non-hydrogen) atoms. The second kappa shape index (κ2) is 13.1. The Morgan fingerprint density at radius 2 is 1.71 bits per heavy atom. The van der Waals surface area contributed by atoms with Crippen molar-refractivity contribution >= 4 is 34.9 Å². The first-order valence-corrected chi connectivity index (χ1v) is 12.0. The van der Waals surface area contributed by atoms with Crippen molar-refractivity contribution in [2.24, 2.45) is 0 Å². The van der Waals surface area contributed by atoms with E-state index in [4.69, 9.17) is 4.74 Å². The molecule has 184 valence electrons. The predicted octanol–water partition coefficient (Wildman–Crippen LogP) is 5.55. The standard InChI is InChI=1S/C27H33N5O3/c1-4-6-12-23(33)31-24-25(28-18-20-13-15-21(16-14-20)27(34)35-3)29-19-30-26(24)32(17-5-2)22-10-8-7-9-11-22/h7-11,13-16,19H,4-6,12,17-18H2,1-3H3,(H,31,33)(H,28,29,30). The first-order chi connectivity index (χ1) is 17.1. The summed E-state index contributed by atoms with van der Waals surface area (Å²) in [6.45, 7) is 5.34. The number of hydrogen-bond acceptors (Lipinski definition) is 7. The third-order valence-corrected chi connectivity index (χ3v) is 5.45. The maximum Gasteiger partial charge on any atom is 0.337 e. The van der Waals surface area contributed by atoms with Gasteiger partial charge in [-0.3, -0.25) is 4.79 Å². The van der Waals surface area contributed by atoms with Crippen LogP contribution in [0.3, 0.4) is 0 Å². The van der Waals surface area contributed by atoms with Crippen molar-refractivity contribution in [3.8, 4) is 0 Å². The molecule has 0 atom stereocenters. The topological polar surface area (TPSA) is 96.5 Å². The van der Waals surface area contributed by atoms with Crippen LogP contribution in [0.15, 0.2) is 60.9 Å². The van der Waals surface area contributed by atoms with Gasteiger partial charge in [0.1, 0.15) is 12.0 Å². The molecule has 0 saturated carbocycles. The van der Waals surface area contributed by atoms with Gasteiger partial charge in [-0.25, -0.2) is 14.8 Å². The number of nitrogens with one attached hydrogen (secondary N) is 2. The van der Waals surface area contributed by atoms with E-state index >= 15 is 0 Å².